The molecular formula is C23H24FN2O4-. The lowest BCUT2D eigenvalue weighted by Gasteiger charge is -2.22. The van der Waals surface area contributed by atoms with Crippen molar-refractivity contribution in [2.24, 2.45) is 5.92 Å². The van der Waals surface area contributed by atoms with Gasteiger partial charge in [-0.15, -0.1) is 0 Å². The van der Waals surface area contributed by atoms with Gasteiger partial charge in [0.2, 0.25) is 0 Å². The molecule has 0 saturated carbocycles. The van der Waals surface area contributed by atoms with Crippen LogP contribution in [0.15, 0.2) is 54.2 Å². The van der Waals surface area contributed by atoms with Crippen molar-refractivity contribution in [2.75, 3.05) is 0 Å². The number of carbonyl (C=O) groups excluding carboxylic acids is 3. The highest BCUT2D eigenvalue weighted by atomic mass is 19.1. The van der Waals surface area contributed by atoms with Crippen LogP contribution in [0.1, 0.15) is 41.8 Å². The van der Waals surface area contributed by atoms with Crippen molar-refractivity contribution in [3.05, 3.63) is 76.7 Å². The second kappa shape index (κ2) is 10.3. The van der Waals surface area contributed by atoms with Gasteiger partial charge in [0.1, 0.15) is 11.5 Å². The van der Waals surface area contributed by atoms with Crippen LogP contribution in [0.2, 0.25) is 0 Å². The SMILES string of the molecule is Cc1ccc(C(=O)N/C(=C/c2ccc(F)cc2)C(=O)N[C@@H](CC(C)C)C(=O)[O-])cc1. The van der Waals surface area contributed by atoms with Crippen molar-refractivity contribution in [2.45, 2.75) is 33.2 Å². The molecule has 2 N–H and O–H groups in total. The monoisotopic (exact) mass is 411 g/mol. The third-order valence-corrected chi connectivity index (χ3v) is 4.28. The molecule has 0 unspecified atom stereocenters. The zero-order valence-corrected chi connectivity index (χ0v) is 17.1. The minimum atomic E-state index is -1.41. The van der Waals surface area contributed by atoms with Gasteiger partial charge in [-0.25, -0.2) is 4.39 Å². The minimum absolute atomic E-state index is 0.000113. The molecule has 0 spiro atoms. The molecule has 0 heterocycles. The summed E-state index contributed by atoms with van der Waals surface area (Å²) < 4.78 is 13.2. The van der Waals surface area contributed by atoms with E-state index in [0.29, 0.717) is 11.1 Å². The summed E-state index contributed by atoms with van der Waals surface area (Å²) in [4.78, 5) is 36.8. The van der Waals surface area contributed by atoms with Crippen molar-refractivity contribution in [3.63, 3.8) is 0 Å². The fraction of sp³-hybridized carbons (Fsp3) is 0.261. The van der Waals surface area contributed by atoms with Crippen molar-refractivity contribution < 1.29 is 23.9 Å². The number of benzene rings is 2. The Balaban J connectivity index is 2.31. The molecular weight excluding hydrogens is 387 g/mol. The van der Waals surface area contributed by atoms with E-state index in [9.17, 15) is 23.9 Å². The van der Waals surface area contributed by atoms with Gasteiger partial charge in [-0.05, 0) is 55.2 Å². The maximum atomic E-state index is 13.2. The number of amides is 2. The fourth-order valence-electron chi connectivity index (χ4n) is 2.70. The summed E-state index contributed by atoms with van der Waals surface area (Å²) in [5.74, 6) is -3.18. The molecule has 7 heteroatoms. The maximum Gasteiger partial charge on any atom is 0.268 e. The van der Waals surface area contributed by atoms with Crippen LogP contribution in [0.5, 0.6) is 0 Å². The first-order valence-corrected chi connectivity index (χ1v) is 9.52. The summed E-state index contributed by atoms with van der Waals surface area (Å²) in [5, 5.41) is 16.3. The number of hydrogen-bond donors (Lipinski definition) is 2. The molecule has 0 aromatic heterocycles. The van der Waals surface area contributed by atoms with Crippen molar-refractivity contribution in [1.29, 1.82) is 0 Å². The zero-order chi connectivity index (χ0) is 22.3. The third-order valence-electron chi connectivity index (χ3n) is 4.28. The van der Waals surface area contributed by atoms with E-state index < -0.39 is 29.6 Å². The topological polar surface area (TPSA) is 98.3 Å². The van der Waals surface area contributed by atoms with E-state index in [1.54, 1.807) is 24.3 Å². The molecule has 2 amide bonds. The molecule has 158 valence electrons. The number of hydrogen-bond acceptors (Lipinski definition) is 4. The number of nitrogens with one attached hydrogen (secondary N) is 2. The van der Waals surface area contributed by atoms with Gasteiger partial charge < -0.3 is 20.5 Å². The smallest absolute Gasteiger partial charge is 0.268 e. The first kappa shape index (κ1) is 22.8. The van der Waals surface area contributed by atoms with Gasteiger partial charge in [0.25, 0.3) is 11.8 Å². The Kier molecular flexibility index (Phi) is 7.86. The van der Waals surface area contributed by atoms with Crippen LogP contribution in [0.4, 0.5) is 4.39 Å². The van der Waals surface area contributed by atoms with Crippen LogP contribution < -0.4 is 15.7 Å². The van der Waals surface area contributed by atoms with E-state index in [0.717, 1.165) is 5.56 Å². The molecule has 2 rings (SSSR count). The van der Waals surface area contributed by atoms with Crippen molar-refractivity contribution in [1.82, 2.24) is 10.6 Å². The van der Waals surface area contributed by atoms with E-state index in [1.807, 2.05) is 20.8 Å². The van der Waals surface area contributed by atoms with E-state index in [1.165, 1.54) is 30.3 Å². The summed E-state index contributed by atoms with van der Waals surface area (Å²) in [5.41, 5.74) is 1.59. The molecule has 30 heavy (non-hydrogen) atoms. The molecule has 0 fully saturated rings. The van der Waals surface area contributed by atoms with Gasteiger partial charge in [0, 0.05) is 5.56 Å². The molecule has 2 aromatic carbocycles. The normalized spacial score (nSPS) is 12.4. The highest BCUT2D eigenvalue weighted by molar-refractivity contribution is 6.06. The van der Waals surface area contributed by atoms with Crippen LogP contribution in [-0.4, -0.2) is 23.8 Å². The Morgan fingerprint density at radius 1 is 1.03 bits per heavy atom. The number of rotatable bonds is 8. The average Bonchev–Trinajstić information content (AvgIpc) is 2.68. The largest absolute Gasteiger partial charge is 0.548 e. The number of carboxylic acids is 1. The number of aryl methyl sites for hydroxylation is 1. The molecule has 0 aliphatic carbocycles. The second-order valence-corrected chi connectivity index (χ2v) is 7.40. The molecule has 0 aliphatic heterocycles. The van der Waals surface area contributed by atoms with Crippen LogP contribution in [0.3, 0.4) is 0 Å². The number of aliphatic carboxylic acids is 1. The summed E-state index contributed by atoms with van der Waals surface area (Å²) in [6.07, 6.45) is 1.52. The van der Waals surface area contributed by atoms with E-state index >= 15 is 0 Å². The second-order valence-electron chi connectivity index (χ2n) is 7.40. The van der Waals surface area contributed by atoms with E-state index in [2.05, 4.69) is 10.6 Å². The zero-order valence-electron chi connectivity index (χ0n) is 17.1. The molecule has 0 saturated heterocycles. The molecule has 1 atom stereocenters. The molecule has 6 nitrogen and oxygen atoms in total. The number of halogens is 1. The van der Waals surface area contributed by atoms with Crippen LogP contribution in [0, 0.1) is 18.7 Å². The highest BCUT2D eigenvalue weighted by Gasteiger charge is 2.20. The quantitative estimate of drug-likeness (QED) is 0.651. The number of carboxylic acid groups (broad SMARTS) is 1. The first-order chi connectivity index (χ1) is 14.2. The van der Waals surface area contributed by atoms with Gasteiger partial charge in [0.05, 0.1) is 12.0 Å². The lowest BCUT2D eigenvalue weighted by Crippen LogP contribution is -2.50. The summed E-state index contributed by atoms with van der Waals surface area (Å²) in [7, 11) is 0. The van der Waals surface area contributed by atoms with E-state index in [4.69, 9.17) is 0 Å². The predicted octanol–water partition coefficient (Wildman–Crippen LogP) is 2.19. The van der Waals surface area contributed by atoms with Gasteiger partial charge in [-0.2, -0.15) is 0 Å². The van der Waals surface area contributed by atoms with Gasteiger partial charge in [-0.1, -0.05) is 43.7 Å². The van der Waals surface area contributed by atoms with Crippen LogP contribution >= 0.6 is 0 Å². The van der Waals surface area contributed by atoms with Gasteiger partial charge in [0.15, 0.2) is 0 Å². The van der Waals surface area contributed by atoms with E-state index in [-0.39, 0.29) is 18.0 Å². The minimum Gasteiger partial charge on any atom is -0.548 e. The Hall–Kier alpha value is -3.48. The molecule has 0 bridgehead atoms. The fourth-order valence-corrected chi connectivity index (χ4v) is 2.70. The van der Waals surface area contributed by atoms with Gasteiger partial charge in [-0.3, -0.25) is 9.59 Å². The standard InChI is InChI=1S/C23H25FN2O4/c1-14(2)12-20(23(29)30)26-22(28)19(13-16-6-10-18(24)11-7-16)25-21(27)17-8-4-15(3)5-9-17/h4-11,13-14,20H,12H2,1-3H3,(H,25,27)(H,26,28)(H,29,30)/p-1/b19-13+/t20-/m0/s1. The lowest BCUT2D eigenvalue weighted by molar-refractivity contribution is -0.308. The highest BCUT2D eigenvalue weighted by Crippen LogP contribution is 2.11. The Morgan fingerprint density at radius 2 is 1.63 bits per heavy atom. The average molecular weight is 411 g/mol. The van der Waals surface area contributed by atoms with Gasteiger partial charge >= 0.3 is 0 Å². The van der Waals surface area contributed by atoms with Crippen LogP contribution in [0.25, 0.3) is 6.08 Å². The van der Waals surface area contributed by atoms with Crippen molar-refractivity contribution in [3.8, 4) is 0 Å². The third kappa shape index (κ3) is 6.84. The molecule has 2 aromatic rings. The Morgan fingerprint density at radius 3 is 2.17 bits per heavy atom. The predicted molar refractivity (Wildman–Crippen MR) is 109 cm³/mol. The first-order valence-electron chi connectivity index (χ1n) is 9.52. The summed E-state index contributed by atoms with van der Waals surface area (Å²) in [6, 6.07) is 10.8. The lowest BCUT2D eigenvalue weighted by atomic mass is 10.0. The number of carbonyl (C=O) groups is 3. The Labute approximate surface area is 174 Å². The summed E-state index contributed by atoms with van der Waals surface area (Å²) >= 11 is 0. The van der Waals surface area contributed by atoms with Crippen molar-refractivity contribution >= 4 is 23.9 Å². The maximum absolute atomic E-state index is 13.2. The Bertz CT molecular complexity index is 935. The van der Waals surface area contributed by atoms with Crippen LogP contribution in [-0.2, 0) is 9.59 Å². The summed E-state index contributed by atoms with van der Waals surface area (Å²) in [6.45, 7) is 5.51. The molecule has 0 aliphatic rings. The molecule has 0 radical (unpaired) electrons.